The monoisotopic (exact) mass is 190 g/mol. The van der Waals surface area contributed by atoms with Crippen molar-refractivity contribution < 1.29 is 9.84 Å². The van der Waals surface area contributed by atoms with E-state index < -0.39 is 0 Å². The summed E-state index contributed by atoms with van der Waals surface area (Å²) in [5, 5.41) is 9.95. The topological polar surface area (TPSA) is 29.5 Å². The van der Waals surface area contributed by atoms with E-state index in [-0.39, 0.29) is 6.10 Å². The van der Waals surface area contributed by atoms with Crippen LogP contribution in [0.4, 0.5) is 0 Å². The molecule has 0 amide bonds. The average molecular weight is 190 g/mol. The number of benzene rings is 1. The van der Waals surface area contributed by atoms with Crippen LogP contribution in [-0.4, -0.2) is 24.4 Å². The van der Waals surface area contributed by atoms with Gasteiger partial charge in [-0.25, -0.2) is 0 Å². The van der Waals surface area contributed by atoms with Crippen LogP contribution in [0.25, 0.3) is 0 Å². The highest BCUT2D eigenvalue weighted by atomic mass is 16.5. The lowest BCUT2D eigenvalue weighted by molar-refractivity contribution is -0.0337. The third kappa shape index (κ3) is 1.04. The molecule has 2 nitrogen and oxygen atoms in total. The summed E-state index contributed by atoms with van der Waals surface area (Å²) in [5.41, 5.74) is 1.26. The smallest absolute Gasteiger partial charge is 0.0666 e. The van der Waals surface area contributed by atoms with Gasteiger partial charge in [0.1, 0.15) is 0 Å². The van der Waals surface area contributed by atoms with E-state index in [0.29, 0.717) is 17.8 Å². The van der Waals surface area contributed by atoms with E-state index in [1.807, 2.05) is 18.2 Å². The zero-order chi connectivity index (χ0) is 9.54. The van der Waals surface area contributed by atoms with Crippen LogP contribution in [0.15, 0.2) is 30.3 Å². The van der Waals surface area contributed by atoms with Crippen molar-refractivity contribution in [3.63, 3.8) is 0 Å². The molecule has 1 aromatic rings. The van der Waals surface area contributed by atoms with Crippen LogP contribution in [-0.2, 0) is 4.74 Å². The Morgan fingerprint density at radius 3 is 2.57 bits per heavy atom. The molecule has 1 saturated heterocycles. The number of hydrogen-bond donors (Lipinski definition) is 1. The van der Waals surface area contributed by atoms with Gasteiger partial charge in [-0.3, -0.25) is 0 Å². The highest BCUT2D eigenvalue weighted by Crippen LogP contribution is 2.50. The van der Waals surface area contributed by atoms with Gasteiger partial charge >= 0.3 is 0 Å². The van der Waals surface area contributed by atoms with E-state index >= 15 is 0 Å². The summed E-state index contributed by atoms with van der Waals surface area (Å²) in [6, 6.07) is 10.3. The Hall–Kier alpha value is -0.860. The quantitative estimate of drug-likeness (QED) is 0.725. The zero-order valence-electron chi connectivity index (χ0n) is 7.97. The predicted molar refractivity (Wildman–Crippen MR) is 53.0 cm³/mol. The first kappa shape index (κ1) is 8.45. The van der Waals surface area contributed by atoms with Crippen LogP contribution in [0.5, 0.6) is 0 Å². The van der Waals surface area contributed by atoms with Crippen LogP contribution >= 0.6 is 0 Å². The van der Waals surface area contributed by atoms with Crippen molar-refractivity contribution in [1.82, 2.24) is 0 Å². The molecule has 1 aliphatic carbocycles. The van der Waals surface area contributed by atoms with Crippen LogP contribution in [0.1, 0.15) is 11.5 Å². The van der Waals surface area contributed by atoms with Gasteiger partial charge in [0.25, 0.3) is 0 Å². The predicted octanol–water partition coefficient (Wildman–Crippen LogP) is 1.41. The molecular weight excluding hydrogens is 176 g/mol. The molecule has 3 rings (SSSR count). The summed E-state index contributed by atoms with van der Waals surface area (Å²) in [5.74, 6) is 1.25. The minimum Gasteiger partial charge on any atom is -0.392 e. The van der Waals surface area contributed by atoms with Gasteiger partial charge in [0, 0.05) is 11.8 Å². The second kappa shape index (κ2) is 3.07. The SMILES string of the molecule is OC1C2COCC2C1c1ccccc1. The van der Waals surface area contributed by atoms with Crippen molar-refractivity contribution in [1.29, 1.82) is 0 Å². The van der Waals surface area contributed by atoms with Crippen molar-refractivity contribution in [3.8, 4) is 0 Å². The lowest BCUT2D eigenvalue weighted by Gasteiger charge is -2.44. The molecule has 4 unspecified atom stereocenters. The van der Waals surface area contributed by atoms with Crippen LogP contribution < -0.4 is 0 Å². The minimum atomic E-state index is -0.190. The van der Waals surface area contributed by atoms with E-state index in [9.17, 15) is 5.11 Å². The van der Waals surface area contributed by atoms with Gasteiger partial charge in [-0.1, -0.05) is 30.3 Å². The molecule has 2 aliphatic rings. The first-order valence-electron chi connectivity index (χ1n) is 5.18. The molecule has 1 heterocycles. The molecule has 1 saturated carbocycles. The lowest BCUT2D eigenvalue weighted by atomic mass is 9.61. The molecular formula is C12H14O2. The molecule has 74 valence electrons. The second-order valence-electron chi connectivity index (χ2n) is 4.29. The Bertz CT molecular complexity index is 322. The number of rotatable bonds is 1. The Labute approximate surface area is 83.5 Å². The molecule has 0 radical (unpaired) electrons. The largest absolute Gasteiger partial charge is 0.392 e. The maximum Gasteiger partial charge on any atom is 0.0666 e. The number of hydrogen-bond acceptors (Lipinski definition) is 2. The van der Waals surface area contributed by atoms with Crippen LogP contribution in [0, 0.1) is 11.8 Å². The molecule has 1 aliphatic heterocycles. The van der Waals surface area contributed by atoms with E-state index in [1.165, 1.54) is 5.56 Å². The van der Waals surface area contributed by atoms with Gasteiger partial charge in [0.15, 0.2) is 0 Å². The number of fused-ring (bicyclic) bond motifs is 1. The fraction of sp³-hybridized carbons (Fsp3) is 0.500. The fourth-order valence-electron chi connectivity index (χ4n) is 2.80. The third-order valence-corrected chi connectivity index (χ3v) is 3.62. The van der Waals surface area contributed by atoms with Crippen molar-refractivity contribution in [3.05, 3.63) is 35.9 Å². The van der Waals surface area contributed by atoms with Crippen LogP contribution in [0.3, 0.4) is 0 Å². The molecule has 4 atom stereocenters. The molecule has 1 aromatic carbocycles. The Kier molecular flexibility index (Phi) is 1.85. The van der Waals surface area contributed by atoms with Gasteiger partial charge in [0.2, 0.25) is 0 Å². The first-order valence-corrected chi connectivity index (χ1v) is 5.18. The fourth-order valence-corrected chi connectivity index (χ4v) is 2.80. The van der Waals surface area contributed by atoms with Crippen molar-refractivity contribution in [2.45, 2.75) is 12.0 Å². The van der Waals surface area contributed by atoms with Crippen LogP contribution in [0.2, 0.25) is 0 Å². The van der Waals surface area contributed by atoms with Gasteiger partial charge < -0.3 is 9.84 Å². The van der Waals surface area contributed by atoms with Gasteiger partial charge in [0.05, 0.1) is 19.3 Å². The summed E-state index contributed by atoms with van der Waals surface area (Å²) in [4.78, 5) is 0. The molecule has 14 heavy (non-hydrogen) atoms. The molecule has 0 bridgehead atoms. The van der Waals surface area contributed by atoms with Gasteiger partial charge in [-0.15, -0.1) is 0 Å². The number of aliphatic hydroxyl groups excluding tert-OH is 1. The lowest BCUT2D eigenvalue weighted by Crippen LogP contribution is -2.48. The Morgan fingerprint density at radius 2 is 1.79 bits per heavy atom. The van der Waals surface area contributed by atoms with Crippen molar-refractivity contribution in [2.75, 3.05) is 13.2 Å². The Morgan fingerprint density at radius 1 is 1.07 bits per heavy atom. The minimum absolute atomic E-state index is 0.190. The highest BCUT2D eigenvalue weighted by Gasteiger charge is 2.53. The normalized spacial score (nSPS) is 40.4. The van der Waals surface area contributed by atoms with E-state index in [1.54, 1.807) is 0 Å². The Balaban J connectivity index is 1.87. The number of aliphatic hydroxyl groups is 1. The molecule has 0 spiro atoms. The van der Waals surface area contributed by atoms with E-state index in [2.05, 4.69) is 12.1 Å². The zero-order valence-corrected chi connectivity index (χ0v) is 7.97. The molecule has 1 N–H and O–H groups in total. The third-order valence-electron chi connectivity index (χ3n) is 3.62. The summed E-state index contributed by atoms with van der Waals surface area (Å²) < 4.78 is 5.39. The summed E-state index contributed by atoms with van der Waals surface area (Å²) in [6.07, 6.45) is -0.190. The molecule has 0 aromatic heterocycles. The average Bonchev–Trinajstić information content (AvgIpc) is 2.63. The van der Waals surface area contributed by atoms with Crippen molar-refractivity contribution in [2.24, 2.45) is 11.8 Å². The number of ether oxygens (including phenoxy) is 1. The first-order chi connectivity index (χ1) is 6.88. The summed E-state index contributed by atoms with van der Waals surface area (Å²) in [6.45, 7) is 1.57. The molecule has 2 fully saturated rings. The molecule has 2 heteroatoms. The maximum absolute atomic E-state index is 9.95. The summed E-state index contributed by atoms with van der Waals surface area (Å²) >= 11 is 0. The van der Waals surface area contributed by atoms with Crippen molar-refractivity contribution >= 4 is 0 Å². The maximum atomic E-state index is 9.95. The van der Waals surface area contributed by atoms with E-state index in [4.69, 9.17) is 4.74 Å². The second-order valence-corrected chi connectivity index (χ2v) is 4.29. The summed E-state index contributed by atoms with van der Waals surface area (Å²) in [7, 11) is 0. The van der Waals surface area contributed by atoms with Gasteiger partial charge in [-0.05, 0) is 11.5 Å². The standard InChI is InChI=1S/C12H14O2/c13-12-10-7-14-6-9(10)11(12)8-4-2-1-3-5-8/h1-5,9-13H,6-7H2. The highest BCUT2D eigenvalue weighted by molar-refractivity contribution is 5.27. The van der Waals surface area contributed by atoms with Gasteiger partial charge in [-0.2, -0.15) is 0 Å². The van der Waals surface area contributed by atoms with E-state index in [0.717, 1.165) is 13.2 Å².